The van der Waals surface area contributed by atoms with Crippen LogP contribution in [0.5, 0.6) is 17.2 Å². The van der Waals surface area contributed by atoms with Crippen molar-refractivity contribution >= 4 is 11.3 Å². The summed E-state index contributed by atoms with van der Waals surface area (Å²) in [6.45, 7) is 4.36. The molecule has 1 N–H and O–H groups in total. The molecule has 0 amide bonds. The number of ether oxygens (including phenoxy) is 6. The number of nitro benzene ring substituents is 1. The fraction of sp³-hybridized carbons (Fsp3) is 0.615. The predicted molar refractivity (Wildman–Crippen MR) is 133 cm³/mol. The van der Waals surface area contributed by atoms with Crippen molar-refractivity contribution in [2.24, 2.45) is 11.8 Å². The van der Waals surface area contributed by atoms with E-state index in [9.17, 15) is 15.2 Å². The van der Waals surface area contributed by atoms with E-state index >= 15 is 0 Å². The first-order valence-corrected chi connectivity index (χ1v) is 12.1. The lowest BCUT2D eigenvalue weighted by Crippen LogP contribution is -2.28. The molecule has 1 aromatic carbocycles. The number of aliphatic hydroxyl groups excluding tert-OH is 1. The number of rotatable bonds is 10. The Kier molecular flexibility index (Phi) is 9.08. The molecule has 36 heavy (non-hydrogen) atoms. The van der Waals surface area contributed by atoms with Gasteiger partial charge in [-0.05, 0) is 24.7 Å². The van der Waals surface area contributed by atoms with Crippen LogP contribution in [0.4, 0.5) is 5.69 Å². The van der Waals surface area contributed by atoms with E-state index in [4.69, 9.17) is 28.4 Å². The number of aliphatic hydroxyl groups is 1. The van der Waals surface area contributed by atoms with E-state index in [0.717, 1.165) is 12.0 Å². The van der Waals surface area contributed by atoms with Crippen molar-refractivity contribution in [3.05, 3.63) is 38.3 Å². The molecule has 0 heterocycles. The summed E-state index contributed by atoms with van der Waals surface area (Å²) in [7, 11) is 7.51. The molecule has 0 bridgehead atoms. The standard InChI is InChI=1S/C26H37NO9/c1-14-11-16-13-18(31-3)22(32-4)23(33-5)19(16)20-17(12-15(14)2)21(27(29)30)25(34-6)26(35-7)24(20)36-10-8-9-28/h14-15,18,28H,8-13H2,1-7H3. The van der Waals surface area contributed by atoms with Gasteiger partial charge < -0.3 is 33.5 Å². The zero-order valence-corrected chi connectivity index (χ0v) is 22.1. The fourth-order valence-electron chi connectivity index (χ4n) is 5.18. The first kappa shape index (κ1) is 27.6. The molecule has 3 unspecified atom stereocenters. The topological polar surface area (TPSA) is 119 Å². The number of hydrogen-bond acceptors (Lipinski definition) is 9. The lowest BCUT2D eigenvalue weighted by Gasteiger charge is -2.35. The van der Waals surface area contributed by atoms with Crippen molar-refractivity contribution in [2.45, 2.75) is 45.6 Å². The molecule has 0 saturated carbocycles. The average Bonchev–Trinajstić information content (AvgIpc) is 2.86. The lowest BCUT2D eigenvalue weighted by atomic mass is 9.74. The smallest absolute Gasteiger partial charge is 0.318 e. The Morgan fingerprint density at radius 1 is 0.917 bits per heavy atom. The summed E-state index contributed by atoms with van der Waals surface area (Å²) in [6, 6.07) is 0. The maximum absolute atomic E-state index is 12.5. The third-order valence-electron chi connectivity index (χ3n) is 7.13. The summed E-state index contributed by atoms with van der Waals surface area (Å²) in [5.74, 6) is 1.75. The Labute approximate surface area is 211 Å². The Bertz CT molecular complexity index is 1050. The maximum atomic E-state index is 12.5. The van der Waals surface area contributed by atoms with Gasteiger partial charge in [0.1, 0.15) is 6.10 Å². The third kappa shape index (κ3) is 4.84. The fourth-order valence-corrected chi connectivity index (χ4v) is 5.18. The molecular weight excluding hydrogens is 470 g/mol. The minimum atomic E-state index is -0.425. The number of benzene rings is 1. The number of fused-ring (bicyclic) bond motifs is 2. The molecule has 0 aliphatic heterocycles. The van der Waals surface area contributed by atoms with Crippen LogP contribution < -0.4 is 14.2 Å². The normalized spacial score (nSPS) is 21.7. The molecule has 0 saturated heterocycles. The Hall–Kier alpha value is -2.98. The first-order valence-electron chi connectivity index (χ1n) is 12.1. The van der Waals surface area contributed by atoms with Gasteiger partial charge in [0.05, 0.1) is 40.0 Å². The number of nitrogens with zero attached hydrogens (tertiary/aromatic N) is 1. The highest BCUT2D eigenvalue weighted by Gasteiger charge is 2.42. The van der Waals surface area contributed by atoms with E-state index in [1.54, 1.807) is 21.3 Å². The van der Waals surface area contributed by atoms with Crippen LogP contribution in [0.2, 0.25) is 0 Å². The molecule has 0 aromatic heterocycles. The van der Waals surface area contributed by atoms with Gasteiger partial charge in [0.25, 0.3) is 0 Å². The van der Waals surface area contributed by atoms with Crippen LogP contribution in [0.1, 0.15) is 44.2 Å². The van der Waals surface area contributed by atoms with Crippen molar-refractivity contribution in [1.82, 2.24) is 0 Å². The highest BCUT2D eigenvalue weighted by Crippen LogP contribution is 2.56. The molecule has 1 aromatic rings. The molecule has 0 fully saturated rings. The summed E-state index contributed by atoms with van der Waals surface area (Å²) in [4.78, 5) is 12.1. The van der Waals surface area contributed by atoms with Gasteiger partial charge in [0.2, 0.25) is 11.5 Å². The van der Waals surface area contributed by atoms with Gasteiger partial charge in [-0.1, -0.05) is 19.4 Å². The van der Waals surface area contributed by atoms with Crippen LogP contribution >= 0.6 is 0 Å². The van der Waals surface area contributed by atoms with Crippen LogP contribution in [-0.2, 0) is 20.6 Å². The van der Waals surface area contributed by atoms with Gasteiger partial charge >= 0.3 is 5.69 Å². The summed E-state index contributed by atoms with van der Waals surface area (Å²) >= 11 is 0. The molecule has 0 radical (unpaired) electrons. The molecular formula is C26H37NO9. The Morgan fingerprint density at radius 2 is 1.58 bits per heavy atom. The zero-order valence-electron chi connectivity index (χ0n) is 22.1. The monoisotopic (exact) mass is 507 g/mol. The predicted octanol–water partition coefficient (Wildman–Crippen LogP) is 4.27. The molecule has 10 heteroatoms. The number of methoxy groups -OCH3 is 5. The molecule has 2 aliphatic rings. The minimum absolute atomic E-state index is 0.00307. The second-order valence-corrected chi connectivity index (χ2v) is 9.15. The van der Waals surface area contributed by atoms with Gasteiger partial charge in [-0.15, -0.1) is 0 Å². The second kappa shape index (κ2) is 11.8. The van der Waals surface area contributed by atoms with Gasteiger partial charge in [0, 0.05) is 43.3 Å². The van der Waals surface area contributed by atoms with Crippen LogP contribution in [-0.4, -0.2) is 64.9 Å². The summed E-state index contributed by atoms with van der Waals surface area (Å²) in [6.07, 6.45) is 1.73. The molecule has 2 aliphatic carbocycles. The SMILES string of the molecule is COC1=C(OC)C(OC)CC2=C1c1c(c([N+](=O)[O-])c(OC)c(OC)c1OCCCO)CC(C)C(C)C2. The van der Waals surface area contributed by atoms with Gasteiger partial charge in [0.15, 0.2) is 17.3 Å². The molecule has 3 atom stereocenters. The number of nitro groups is 1. The Morgan fingerprint density at radius 3 is 2.11 bits per heavy atom. The van der Waals surface area contributed by atoms with Crippen molar-refractivity contribution < 1.29 is 38.5 Å². The van der Waals surface area contributed by atoms with E-state index < -0.39 is 4.92 Å². The van der Waals surface area contributed by atoms with Gasteiger partial charge in [-0.25, -0.2) is 0 Å². The first-order chi connectivity index (χ1) is 17.3. The third-order valence-corrected chi connectivity index (χ3v) is 7.13. The molecule has 10 nitrogen and oxygen atoms in total. The summed E-state index contributed by atoms with van der Waals surface area (Å²) in [5, 5.41) is 21.9. The quantitative estimate of drug-likeness (QED) is 0.281. The molecule has 0 spiro atoms. The van der Waals surface area contributed by atoms with Gasteiger partial charge in [-0.2, -0.15) is 0 Å². The summed E-state index contributed by atoms with van der Waals surface area (Å²) < 4.78 is 34.8. The van der Waals surface area contributed by atoms with Crippen molar-refractivity contribution in [2.75, 3.05) is 48.8 Å². The van der Waals surface area contributed by atoms with Crippen molar-refractivity contribution in [1.29, 1.82) is 0 Å². The zero-order chi connectivity index (χ0) is 26.6. The average molecular weight is 508 g/mol. The van der Waals surface area contributed by atoms with Gasteiger partial charge in [-0.3, -0.25) is 10.1 Å². The van der Waals surface area contributed by atoms with E-state index in [-0.39, 0.29) is 48.3 Å². The highest BCUT2D eigenvalue weighted by molar-refractivity contribution is 5.91. The minimum Gasteiger partial charge on any atom is -0.494 e. The van der Waals surface area contributed by atoms with Crippen LogP contribution in [0.15, 0.2) is 17.1 Å². The van der Waals surface area contributed by atoms with E-state index in [1.807, 2.05) is 0 Å². The Balaban J connectivity index is 2.54. The largest absolute Gasteiger partial charge is 0.494 e. The van der Waals surface area contributed by atoms with Crippen molar-refractivity contribution in [3.63, 3.8) is 0 Å². The lowest BCUT2D eigenvalue weighted by molar-refractivity contribution is -0.386. The van der Waals surface area contributed by atoms with Crippen LogP contribution in [0.3, 0.4) is 0 Å². The molecule has 200 valence electrons. The van der Waals surface area contributed by atoms with E-state index in [1.165, 1.54) is 14.2 Å². The molecule has 3 rings (SSSR count). The highest BCUT2D eigenvalue weighted by atomic mass is 16.6. The van der Waals surface area contributed by atoms with Crippen molar-refractivity contribution in [3.8, 4) is 17.2 Å². The van der Waals surface area contributed by atoms with E-state index in [2.05, 4.69) is 13.8 Å². The van der Waals surface area contributed by atoms with E-state index in [0.29, 0.717) is 53.2 Å². The van der Waals surface area contributed by atoms with Crippen LogP contribution in [0.25, 0.3) is 5.57 Å². The second-order valence-electron chi connectivity index (χ2n) is 9.15. The summed E-state index contributed by atoms with van der Waals surface area (Å²) in [5.41, 5.74) is 2.60. The number of hydrogen-bond donors (Lipinski definition) is 1. The maximum Gasteiger partial charge on any atom is 0.318 e. The number of allylic oxidation sites excluding steroid dienone is 1. The van der Waals surface area contributed by atoms with Crippen LogP contribution in [0, 0.1) is 22.0 Å².